The molecule has 0 spiro atoms. The van der Waals surface area contributed by atoms with E-state index in [0.717, 1.165) is 28.8 Å². The van der Waals surface area contributed by atoms with Gasteiger partial charge in [0.2, 0.25) is 0 Å². The van der Waals surface area contributed by atoms with Crippen molar-refractivity contribution in [3.63, 3.8) is 0 Å². The van der Waals surface area contributed by atoms with Crippen LogP contribution in [0.15, 0.2) is 47.5 Å². The van der Waals surface area contributed by atoms with Crippen LogP contribution >= 0.6 is 24.0 Å². The van der Waals surface area contributed by atoms with Crippen molar-refractivity contribution >= 4 is 29.9 Å². The fourth-order valence-electron chi connectivity index (χ4n) is 3.04. The molecule has 0 amide bonds. The second-order valence-corrected chi connectivity index (χ2v) is 6.74. The summed E-state index contributed by atoms with van der Waals surface area (Å²) in [4.78, 5) is 6.50. The summed E-state index contributed by atoms with van der Waals surface area (Å²) >= 11 is 0. The molecule has 2 rings (SSSR count). The van der Waals surface area contributed by atoms with E-state index in [1.807, 2.05) is 30.3 Å². The van der Waals surface area contributed by atoms with Crippen molar-refractivity contribution < 1.29 is 14.2 Å². The van der Waals surface area contributed by atoms with Gasteiger partial charge in [-0.15, -0.1) is 24.0 Å². The molecule has 7 nitrogen and oxygen atoms in total. The van der Waals surface area contributed by atoms with E-state index in [4.69, 9.17) is 14.2 Å². The molecule has 1 unspecified atom stereocenters. The van der Waals surface area contributed by atoms with E-state index in [1.54, 1.807) is 28.4 Å². The summed E-state index contributed by atoms with van der Waals surface area (Å²) in [6.07, 6.45) is 0. The van der Waals surface area contributed by atoms with Crippen molar-refractivity contribution in [2.45, 2.75) is 12.6 Å². The summed E-state index contributed by atoms with van der Waals surface area (Å²) in [5.41, 5.74) is 2.20. The Bertz CT molecular complexity index is 815. The molecule has 0 aliphatic carbocycles. The molecule has 0 saturated heterocycles. The summed E-state index contributed by atoms with van der Waals surface area (Å²) < 4.78 is 16.1. The highest BCUT2D eigenvalue weighted by Gasteiger charge is 2.15. The van der Waals surface area contributed by atoms with Gasteiger partial charge in [0.1, 0.15) is 17.2 Å². The number of hydrogen-bond acceptors (Lipinski definition) is 5. The van der Waals surface area contributed by atoms with Crippen LogP contribution in [0.25, 0.3) is 0 Å². The van der Waals surface area contributed by atoms with Crippen LogP contribution in [0, 0.1) is 0 Å². The number of guanidine groups is 1. The van der Waals surface area contributed by atoms with Crippen LogP contribution in [0.2, 0.25) is 0 Å². The molecule has 8 heteroatoms. The Hall–Kier alpha value is -2.20. The average Bonchev–Trinajstić information content (AvgIpc) is 2.75. The maximum atomic E-state index is 5.46. The van der Waals surface area contributed by atoms with E-state index in [2.05, 4.69) is 46.8 Å². The van der Waals surface area contributed by atoms with E-state index in [-0.39, 0.29) is 30.0 Å². The van der Waals surface area contributed by atoms with Crippen molar-refractivity contribution in [1.29, 1.82) is 0 Å². The molecule has 30 heavy (non-hydrogen) atoms. The van der Waals surface area contributed by atoms with Crippen molar-refractivity contribution in [2.24, 2.45) is 4.99 Å². The molecule has 0 heterocycles. The predicted molar refractivity (Wildman–Crippen MR) is 133 cm³/mol. The normalized spacial score (nSPS) is 12.0. The molecule has 166 valence electrons. The molecule has 0 aromatic heterocycles. The number of nitrogens with one attached hydrogen (secondary N) is 2. The fourth-order valence-corrected chi connectivity index (χ4v) is 3.04. The van der Waals surface area contributed by atoms with Crippen LogP contribution in [0.3, 0.4) is 0 Å². The lowest BCUT2D eigenvalue weighted by molar-refractivity contribution is 0.297. The number of likely N-dealkylation sites (N-methyl/N-ethyl adjacent to an activating group) is 1. The minimum atomic E-state index is 0. The lowest BCUT2D eigenvalue weighted by Crippen LogP contribution is -2.41. The molecule has 2 aromatic rings. The highest BCUT2D eigenvalue weighted by molar-refractivity contribution is 14.0. The molecule has 0 saturated carbocycles. The summed E-state index contributed by atoms with van der Waals surface area (Å²) in [5, 5.41) is 6.75. The average molecular weight is 528 g/mol. The van der Waals surface area contributed by atoms with Gasteiger partial charge in [-0.25, -0.2) is 0 Å². The van der Waals surface area contributed by atoms with Crippen LogP contribution < -0.4 is 24.8 Å². The predicted octanol–water partition coefficient (Wildman–Crippen LogP) is 3.30. The molecule has 0 aliphatic rings. The number of methoxy groups -OCH3 is 3. The lowest BCUT2D eigenvalue weighted by Gasteiger charge is -2.26. The molecule has 2 N–H and O–H groups in total. The zero-order valence-corrected chi connectivity index (χ0v) is 20.9. The Labute approximate surface area is 196 Å². The summed E-state index contributed by atoms with van der Waals surface area (Å²) in [7, 11) is 10.9. The first-order chi connectivity index (χ1) is 14.0. The number of hydrogen-bond donors (Lipinski definition) is 2. The van der Waals surface area contributed by atoms with Crippen LogP contribution in [-0.2, 0) is 6.54 Å². The van der Waals surface area contributed by atoms with Gasteiger partial charge in [-0.2, -0.15) is 0 Å². The second kappa shape index (κ2) is 13.2. The SMILES string of the molecule is CN=C(NCc1ccc(OC)cc1OC)NCC(c1cccc(OC)c1)N(C)C.I. The molecule has 1 atom stereocenters. The van der Waals surface area contributed by atoms with Crippen LogP contribution in [0.5, 0.6) is 17.2 Å². The fraction of sp³-hybridized carbons (Fsp3) is 0.409. The second-order valence-electron chi connectivity index (χ2n) is 6.74. The molecular weight excluding hydrogens is 495 g/mol. The summed E-state index contributed by atoms with van der Waals surface area (Å²) in [6.45, 7) is 1.28. The molecule has 0 radical (unpaired) electrons. The highest BCUT2D eigenvalue weighted by atomic mass is 127. The van der Waals surface area contributed by atoms with Crippen molar-refractivity contribution in [3.8, 4) is 17.2 Å². The van der Waals surface area contributed by atoms with Crippen molar-refractivity contribution in [2.75, 3.05) is 49.0 Å². The van der Waals surface area contributed by atoms with Crippen LogP contribution in [0.1, 0.15) is 17.2 Å². The number of benzene rings is 2. The van der Waals surface area contributed by atoms with Gasteiger partial charge >= 0.3 is 0 Å². The Balaban J connectivity index is 0.00000450. The Morgan fingerprint density at radius 1 is 0.967 bits per heavy atom. The van der Waals surface area contributed by atoms with Gasteiger partial charge in [-0.3, -0.25) is 4.99 Å². The van der Waals surface area contributed by atoms with Crippen molar-refractivity contribution in [1.82, 2.24) is 15.5 Å². The van der Waals surface area contributed by atoms with Gasteiger partial charge < -0.3 is 29.7 Å². The van der Waals surface area contributed by atoms with E-state index < -0.39 is 0 Å². The number of nitrogens with zero attached hydrogens (tertiary/aromatic N) is 2. The van der Waals surface area contributed by atoms with Crippen molar-refractivity contribution in [3.05, 3.63) is 53.6 Å². The Kier molecular flexibility index (Phi) is 11.3. The van der Waals surface area contributed by atoms with E-state index >= 15 is 0 Å². The quantitative estimate of drug-likeness (QED) is 0.296. The van der Waals surface area contributed by atoms with Gasteiger partial charge in [0.05, 0.1) is 27.4 Å². The Morgan fingerprint density at radius 3 is 2.27 bits per heavy atom. The summed E-state index contributed by atoms with van der Waals surface area (Å²) in [6, 6.07) is 14.1. The number of aliphatic imine (C=N–C) groups is 1. The zero-order chi connectivity index (χ0) is 21.2. The zero-order valence-electron chi connectivity index (χ0n) is 18.6. The van der Waals surface area contributed by atoms with Gasteiger partial charge in [0, 0.05) is 31.8 Å². The third-order valence-electron chi connectivity index (χ3n) is 4.73. The third kappa shape index (κ3) is 7.24. The highest BCUT2D eigenvalue weighted by Crippen LogP contribution is 2.24. The molecule has 0 bridgehead atoms. The maximum Gasteiger partial charge on any atom is 0.191 e. The van der Waals surface area contributed by atoms with Gasteiger partial charge in [0.25, 0.3) is 0 Å². The number of rotatable bonds is 9. The van der Waals surface area contributed by atoms with E-state index in [9.17, 15) is 0 Å². The molecule has 2 aromatic carbocycles. The monoisotopic (exact) mass is 528 g/mol. The maximum absolute atomic E-state index is 5.46. The molecule has 0 fully saturated rings. The first-order valence-electron chi connectivity index (χ1n) is 9.48. The minimum Gasteiger partial charge on any atom is -0.497 e. The van der Waals surface area contributed by atoms with Gasteiger partial charge in [0.15, 0.2) is 5.96 Å². The minimum absolute atomic E-state index is 0. The van der Waals surface area contributed by atoms with E-state index in [1.165, 1.54) is 5.56 Å². The van der Waals surface area contributed by atoms with E-state index in [0.29, 0.717) is 13.1 Å². The lowest BCUT2D eigenvalue weighted by atomic mass is 10.1. The molecule has 0 aliphatic heterocycles. The smallest absolute Gasteiger partial charge is 0.191 e. The Morgan fingerprint density at radius 2 is 1.67 bits per heavy atom. The summed E-state index contributed by atoms with van der Waals surface area (Å²) in [5.74, 6) is 3.11. The standard InChI is InChI=1S/C22H32N4O3.HI/c1-23-22(24-14-17-10-11-19(28-5)13-21(17)29-6)25-15-20(26(2)3)16-8-7-9-18(12-16)27-4;/h7-13,20H,14-15H2,1-6H3,(H2,23,24,25);1H. The number of ether oxygens (including phenoxy) is 3. The van der Waals surface area contributed by atoms with Gasteiger partial charge in [-0.1, -0.05) is 12.1 Å². The number of halogens is 1. The first-order valence-corrected chi connectivity index (χ1v) is 9.48. The first kappa shape index (κ1) is 25.8. The van der Waals surface area contributed by atoms with Crippen LogP contribution in [-0.4, -0.2) is 59.9 Å². The van der Waals surface area contributed by atoms with Gasteiger partial charge in [-0.05, 0) is 43.9 Å². The topological polar surface area (TPSA) is 67.4 Å². The molecular formula is C22H33IN4O3. The van der Waals surface area contributed by atoms with Crippen LogP contribution in [0.4, 0.5) is 0 Å². The third-order valence-corrected chi connectivity index (χ3v) is 4.73. The largest absolute Gasteiger partial charge is 0.497 e.